The third kappa shape index (κ3) is 3.02. The second-order valence-electron chi connectivity index (χ2n) is 5.50. The predicted octanol–water partition coefficient (Wildman–Crippen LogP) is 3.86. The third-order valence-corrected chi connectivity index (χ3v) is 3.51. The first-order chi connectivity index (χ1) is 8.90. The van der Waals surface area contributed by atoms with Gasteiger partial charge >= 0.3 is 0 Å². The highest BCUT2D eigenvalue weighted by molar-refractivity contribution is 5.37. The largest absolute Gasteiger partial charge is 0.321 e. The second-order valence-corrected chi connectivity index (χ2v) is 5.50. The monoisotopic (exact) mass is 257 g/mol. The Hall–Kier alpha value is -1.67. The van der Waals surface area contributed by atoms with E-state index < -0.39 is 5.54 Å². The zero-order chi connectivity index (χ0) is 14.0. The van der Waals surface area contributed by atoms with Crippen molar-refractivity contribution in [3.05, 3.63) is 70.5 Å². The van der Waals surface area contributed by atoms with E-state index in [1.165, 1.54) is 11.6 Å². The fourth-order valence-electron chi connectivity index (χ4n) is 2.59. The van der Waals surface area contributed by atoms with Crippen molar-refractivity contribution in [3.8, 4) is 0 Å². The van der Waals surface area contributed by atoms with E-state index in [9.17, 15) is 4.39 Å². The van der Waals surface area contributed by atoms with Crippen LogP contribution in [0, 0.1) is 19.7 Å². The highest BCUT2D eigenvalue weighted by Gasteiger charge is 2.24. The maximum atomic E-state index is 13.7. The Bertz CT molecular complexity index is 588. The average molecular weight is 257 g/mol. The van der Waals surface area contributed by atoms with Gasteiger partial charge in [-0.3, -0.25) is 0 Å². The fraction of sp³-hybridized carbons (Fsp3) is 0.294. The van der Waals surface area contributed by atoms with Crippen molar-refractivity contribution in [1.29, 1.82) is 0 Å². The van der Waals surface area contributed by atoms with Crippen LogP contribution in [0.3, 0.4) is 0 Å². The van der Waals surface area contributed by atoms with Crippen LogP contribution in [-0.4, -0.2) is 0 Å². The first kappa shape index (κ1) is 13.8. The molecule has 0 bridgehead atoms. The van der Waals surface area contributed by atoms with Gasteiger partial charge in [-0.05, 0) is 49.9 Å². The topological polar surface area (TPSA) is 26.0 Å². The van der Waals surface area contributed by atoms with E-state index in [2.05, 4.69) is 26.0 Å². The molecule has 2 N–H and O–H groups in total. The summed E-state index contributed by atoms with van der Waals surface area (Å²) in [4.78, 5) is 0. The number of rotatable bonds is 3. The molecule has 2 heteroatoms. The van der Waals surface area contributed by atoms with Crippen LogP contribution in [-0.2, 0) is 12.0 Å². The molecule has 19 heavy (non-hydrogen) atoms. The normalized spacial score (nSPS) is 14.2. The van der Waals surface area contributed by atoms with E-state index >= 15 is 0 Å². The smallest absolute Gasteiger partial charge is 0.126 e. The molecule has 2 aromatic carbocycles. The molecule has 0 aliphatic rings. The molecule has 2 rings (SSSR count). The van der Waals surface area contributed by atoms with Crippen molar-refractivity contribution in [2.45, 2.75) is 32.7 Å². The van der Waals surface area contributed by atoms with Crippen LogP contribution in [0.1, 0.15) is 29.2 Å². The molecule has 0 fully saturated rings. The summed E-state index contributed by atoms with van der Waals surface area (Å²) in [7, 11) is 0. The minimum atomic E-state index is -0.569. The van der Waals surface area contributed by atoms with Gasteiger partial charge in [0, 0.05) is 5.54 Å². The van der Waals surface area contributed by atoms with Gasteiger partial charge in [0.25, 0.3) is 0 Å². The summed E-state index contributed by atoms with van der Waals surface area (Å²) >= 11 is 0. The molecule has 0 saturated heterocycles. The lowest BCUT2D eigenvalue weighted by Gasteiger charge is -2.27. The summed E-state index contributed by atoms with van der Waals surface area (Å²) in [5.41, 5.74) is 9.95. The quantitative estimate of drug-likeness (QED) is 0.887. The highest BCUT2D eigenvalue weighted by Crippen LogP contribution is 2.27. The summed E-state index contributed by atoms with van der Waals surface area (Å²) in [5, 5.41) is 0. The van der Waals surface area contributed by atoms with Gasteiger partial charge in [-0.1, -0.05) is 42.0 Å². The van der Waals surface area contributed by atoms with Gasteiger partial charge in [0.1, 0.15) is 5.82 Å². The molecule has 100 valence electrons. The molecular formula is C17H20FN. The number of hydrogen-bond acceptors (Lipinski definition) is 1. The predicted molar refractivity (Wildman–Crippen MR) is 77.6 cm³/mol. The standard InChI is InChI=1S/C17H20FN/c1-12-8-9-15(13(2)10-12)17(3,19)11-14-6-4-5-7-16(14)18/h4-10H,11,19H2,1-3H3. The first-order valence-electron chi connectivity index (χ1n) is 6.50. The van der Waals surface area contributed by atoms with Gasteiger partial charge < -0.3 is 5.73 Å². The number of aryl methyl sites for hydroxylation is 2. The molecule has 0 amide bonds. The number of nitrogens with two attached hydrogens (primary N) is 1. The Kier molecular flexibility index (Phi) is 3.72. The summed E-state index contributed by atoms with van der Waals surface area (Å²) in [6.07, 6.45) is 0.490. The van der Waals surface area contributed by atoms with Crippen LogP contribution in [0.5, 0.6) is 0 Å². The van der Waals surface area contributed by atoms with Gasteiger partial charge in [-0.15, -0.1) is 0 Å². The highest BCUT2D eigenvalue weighted by atomic mass is 19.1. The fourth-order valence-corrected chi connectivity index (χ4v) is 2.59. The number of halogens is 1. The summed E-state index contributed by atoms with van der Waals surface area (Å²) in [6, 6.07) is 13.0. The molecule has 0 aliphatic carbocycles. The van der Waals surface area contributed by atoms with Crippen molar-refractivity contribution in [2.75, 3.05) is 0 Å². The Labute approximate surface area is 114 Å². The molecule has 0 spiro atoms. The van der Waals surface area contributed by atoms with Crippen molar-refractivity contribution in [2.24, 2.45) is 5.73 Å². The van der Waals surface area contributed by atoms with Crippen LogP contribution in [0.15, 0.2) is 42.5 Å². The molecular weight excluding hydrogens is 237 g/mol. The van der Waals surface area contributed by atoms with E-state index in [1.54, 1.807) is 12.1 Å². The van der Waals surface area contributed by atoms with Crippen LogP contribution in [0.2, 0.25) is 0 Å². The average Bonchev–Trinajstić information content (AvgIpc) is 2.31. The molecule has 0 heterocycles. The molecule has 1 nitrogen and oxygen atoms in total. The van der Waals surface area contributed by atoms with Gasteiger partial charge in [-0.25, -0.2) is 4.39 Å². The molecule has 0 aromatic heterocycles. The Morgan fingerprint density at radius 2 is 1.79 bits per heavy atom. The second kappa shape index (κ2) is 5.14. The number of benzene rings is 2. The van der Waals surface area contributed by atoms with E-state index in [0.29, 0.717) is 12.0 Å². The molecule has 2 aromatic rings. The third-order valence-electron chi connectivity index (χ3n) is 3.51. The van der Waals surface area contributed by atoms with Crippen LogP contribution in [0.25, 0.3) is 0 Å². The number of hydrogen-bond donors (Lipinski definition) is 1. The van der Waals surface area contributed by atoms with Gasteiger partial charge in [-0.2, -0.15) is 0 Å². The van der Waals surface area contributed by atoms with Crippen molar-refractivity contribution in [1.82, 2.24) is 0 Å². The van der Waals surface area contributed by atoms with Crippen molar-refractivity contribution >= 4 is 0 Å². The van der Waals surface area contributed by atoms with Gasteiger partial charge in [0.2, 0.25) is 0 Å². The zero-order valence-electron chi connectivity index (χ0n) is 11.7. The Balaban J connectivity index is 2.35. The van der Waals surface area contributed by atoms with E-state index in [0.717, 1.165) is 11.1 Å². The van der Waals surface area contributed by atoms with Crippen molar-refractivity contribution in [3.63, 3.8) is 0 Å². The minimum Gasteiger partial charge on any atom is -0.321 e. The molecule has 0 aliphatic heterocycles. The summed E-state index contributed by atoms with van der Waals surface area (Å²) < 4.78 is 13.7. The Morgan fingerprint density at radius 3 is 2.42 bits per heavy atom. The Morgan fingerprint density at radius 1 is 1.11 bits per heavy atom. The maximum absolute atomic E-state index is 13.7. The van der Waals surface area contributed by atoms with E-state index in [4.69, 9.17) is 5.73 Å². The van der Waals surface area contributed by atoms with Crippen LogP contribution < -0.4 is 5.73 Å². The molecule has 0 radical (unpaired) electrons. The zero-order valence-corrected chi connectivity index (χ0v) is 11.7. The van der Waals surface area contributed by atoms with E-state index in [-0.39, 0.29) is 5.82 Å². The molecule has 1 atom stereocenters. The lowest BCUT2D eigenvalue weighted by Crippen LogP contribution is -2.36. The molecule has 0 saturated carbocycles. The van der Waals surface area contributed by atoms with Crippen LogP contribution in [0.4, 0.5) is 4.39 Å². The van der Waals surface area contributed by atoms with Gasteiger partial charge in [0.05, 0.1) is 0 Å². The minimum absolute atomic E-state index is 0.191. The lowest BCUT2D eigenvalue weighted by molar-refractivity contribution is 0.473. The maximum Gasteiger partial charge on any atom is 0.126 e. The molecule has 1 unspecified atom stereocenters. The SMILES string of the molecule is Cc1ccc(C(C)(N)Cc2ccccc2F)c(C)c1. The van der Waals surface area contributed by atoms with E-state index in [1.807, 2.05) is 19.1 Å². The van der Waals surface area contributed by atoms with Crippen molar-refractivity contribution < 1.29 is 4.39 Å². The van der Waals surface area contributed by atoms with Gasteiger partial charge in [0.15, 0.2) is 0 Å². The lowest BCUT2D eigenvalue weighted by atomic mass is 9.83. The van der Waals surface area contributed by atoms with Crippen LogP contribution >= 0.6 is 0 Å². The summed E-state index contributed by atoms with van der Waals surface area (Å²) in [5.74, 6) is -0.191. The first-order valence-corrected chi connectivity index (χ1v) is 6.50. The summed E-state index contributed by atoms with van der Waals surface area (Å²) in [6.45, 7) is 6.06.